The van der Waals surface area contributed by atoms with Gasteiger partial charge in [-0.1, -0.05) is 36.9 Å². The lowest BCUT2D eigenvalue weighted by Gasteiger charge is -2.08. The van der Waals surface area contributed by atoms with Gasteiger partial charge >= 0.3 is 0 Å². The van der Waals surface area contributed by atoms with E-state index >= 15 is 0 Å². The second kappa shape index (κ2) is 5.17. The zero-order valence-corrected chi connectivity index (χ0v) is 9.81. The number of pyridine rings is 1. The van der Waals surface area contributed by atoms with Gasteiger partial charge in [0.2, 0.25) is 0 Å². The molecule has 0 unspecified atom stereocenters. The van der Waals surface area contributed by atoms with Crippen molar-refractivity contribution in [2.45, 2.75) is 0 Å². The first-order chi connectivity index (χ1) is 6.69. The normalized spacial score (nSPS) is 9.57. The van der Waals surface area contributed by atoms with Gasteiger partial charge < -0.3 is 4.74 Å². The van der Waals surface area contributed by atoms with Gasteiger partial charge in [0.1, 0.15) is 16.4 Å². The van der Waals surface area contributed by atoms with E-state index in [0.29, 0.717) is 22.1 Å². The number of aromatic nitrogens is 1. The average molecular weight is 275 g/mol. The third-order valence-electron chi connectivity index (χ3n) is 1.49. The van der Waals surface area contributed by atoms with Crippen molar-refractivity contribution < 1.29 is 4.74 Å². The second-order valence-electron chi connectivity index (χ2n) is 2.46. The standard InChI is InChI=1S/C10H9BrClNO/c1-3-5-14-9-7(4-2)6-8(12)13-10(9)11/h3-4,6H,1-2,5H2. The molecule has 0 saturated carbocycles. The molecule has 0 aliphatic carbocycles. The summed E-state index contributed by atoms with van der Waals surface area (Å²) in [5.74, 6) is 0.629. The number of ether oxygens (including phenoxy) is 1. The molecule has 1 aromatic rings. The van der Waals surface area contributed by atoms with Gasteiger partial charge in [-0.3, -0.25) is 0 Å². The van der Waals surface area contributed by atoms with Gasteiger partial charge in [-0.2, -0.15) is 0 Å². The summed E-state index contributed by atoms with van der Waals surface area (Å²) in [7, 11) is 0. The summed E-state index contributed by atoms with van der Waals surface area (Å²) in [6, 6.07) is 1.69. The maximum atomic E-state index is 5.77. The Kier molecular flexibility index (Phi) is 4.17. The van der Waals surface area contributed by atoms with E-state index in [1.807, 2.05) is 0 Å². The summed E-state index contributed by atoms with van der Waals surface area (Å²) < 4.78 is 5.98. The molecule has 0 amide bonds. The van der Waals surface area contributed by atoms with Crippen LogP contribution in [0.15, 0.2) is 29.9 Å². The molecule has 0 saturated heterocycles. The van der Waals surface area contributed by atoms with Gasteiger partial charge in [0.25, 0.3) is 0 Å². The van der Waals surface area contributed by atoms with Crippen molar-refractivity contribution in [1.29, 1.82) is 0 Å². The van der Waals surface area contributed by atoms with E-state index in [4.69, 9.17) is 16.3 Å². The average Bonchev–Trinajstić information content (AvgIpc) is 2.15. The molecule has 0 aromatic carbocycles. The number of hydrogen-bond donors (Lipinski definition) is 0. The smallest absolute Gasteiger partial charge is 0.159 e. The molecule has 0 aliphatic rings. The largest absolute Gasteiger partial charge is 0.486 e. The lowest BCUT2D eigenvalue weighted by atomic mass is 10.2. The molecule has 0 spiro atoms. The van der Waals surface area contributed by atoms with Gasteiger partial charge in [0, 0.05) is 5.56 Å². The van der Waals surface area contributed by atoms with Crippen molar-refractivity contribution >= 4 is 33.6 Å². The first-order valence-electron chi connectivity index (χ1n) is 3.91. The number of nitrogens with zero attached hydrogens (tertiary/aromatic N) is 1. The molecule has 0 fully saturated rings. The van der Waals surface area contributed by atoms with Crippen molar-refractivity contribution in [1.82, 2.24) is 4.98 Å². The summed E-state index contributed by atoms with van der Waals surface area (Å²) in [6.45, 7) is 7.65. The van der Waals surface area contributed by atoms with Crippen LogP contribution in [0.25, 0.3) is 6.08 Å². The van der Waals surface area contributed by atoms with Gasteiger partial charge in [-0.15, -0.1) is 0 Å². The van der Waals surface area contributed by atoms with E-state index in [-0.39, 0.29) is 0 Å². The van der Waals surface area contributed by atoms with E-state index in [0.717, 1.165) is 5.56 Å². The Hall–Kier alpha value is -0.800. The maximum Gasteiger partial charge on any atom is 0.159 e. The second-order valence-corrected chi connectivity index (χ2v) is 3.60. The highest BCUT2D eigenvalue weighted by Crippen LogP contribution is 2.30. The molecule has 0 atom stereocenters. The molecular formula is C10H9BrClNO. The van der Waals surface area contributed by atoms with Crippen LogP contribution in [0.4, 0.5) is 0 Å². The van der Waals surface area contributed by atoms with E-state index < -0.39 is 0 Å². The van der Waals surface area contributed by atoms with Crippen molar-refractivity contribution in [3.63, 3.8) is 0 Å². The van der Waals surface area contributed by atoms with Gasteiger partial charge in [-0.05, 0) is 22.0 Å². The first-order valence-corrected chi connectivity index (χ1v) is 5.08. The third kappa shape index (κ3) is 2.59. The van der Waals surface area contributed by atoms with Crippen LogP contribution in [-0.2, 0) is 0 Å². The molecule has 14 heavy (non-hydrogen) atoms. The van der Waals surface area contributed by atoms with Crippen molar-refractivity contribution in [2.75, 3.05) is 6.61 Å². The van der Waals surface area contributed by atoms with Gasteiger partial charge in [-0.25, -0.2) is 4.98 Å². The minimum atomic E-state index is 0.401. The quantitative estimate of drug-likeness (QED) is 0.617. The highest BCUT2D eigenvalue weighted by Gasteiger charge is 2.08. The van der Waals surface area contributed by atoms with Crippen LogP contribution in [0, 0.1) is 0 Å². The van der Waals surface area contributed by atoms with E-state index in [9.17, 15) is 0 Å². The van der Waals surface area contributed by atoms with Crippen molar-refractivity contribution in [3.05, 3.63) is 40.6 Å². The fourth-order valence-electron chi connectivity index (χ4n) is 0.927. The number of halogens is 2. The van der Waals surface area contributed by atoms with Crippen LogP contribution in [0.1, 0.15) is 5.56 Å². The summed E-state index contributed by atoms with van der Waals surface area (Å²) in [6.07, 6.45) is 3.32. The van der Waals surface area contributed by atoms with Crippen LogP contribution in [0.3, 0.4) is 0 Å². The summed E-state index contributed by atoms with van der Waals surface area (Å²) in [5, 5.41) is 0.401. The molecular weight excluding hydrogens is 265 g/mol. The molecule has 2 nitrogen and oxygen atoms in total. The fraction of sp³-hybridized carbons (Fsp3) is 0.100. The SMILES string of the molecule is C=CCOc1c(C=C)cc(Cl)nc1Br. The molecule has 1 heterocycles. The molecule has 1 rings (SSSR count). The van der Waals surface area contributed by atoms with E-state index in [2.05, 4.69) is 34.1 Å². The summed E-state index contributed by atoms with van der Waals surface area (Å²) in [5.41, 5.74) is 0.804. The van der Waals surface area contributed by atoms with E-state index in [1.54, 1.807) is 18.2 Å². The maximum absolute atomic E-state index is 5.77. The Labute approximate surface area is 96.4 Å². The van der Waals surface area contributed by atoms with Gasteiger partial charge in [0.05, 0.1) is 0 Å². The Morgan fingerprint density at radius 2 is 2.29 bits per heavy atom. The molecule has 0 bridgehead atoms. The Bertz CT molecular complexity index is 365. The molecule has 0 N–H and O–H groups in total. The van der Waals surface area contributed by atoms with Crippen LogP contribution in [0.5, 0.6) is 5.75 Å². The monoisotopic (exact) mass is 273 g/mol. The minimum absolute atomic E-state index is 0.401. The zero-order chi connectivity index (χ0) is 10.6. The van der Waals surface area contributed by atoms with Crippen LogP contribution in [-0.4, -0.2) is 11.6 Å². The zero-order valence-electron chi connectivity index (χ0n) is 7.46. The fourth-order valence-corrected chi connectivity index (χ4v) is 1.77. The lowest BCUT2D eigenvalue weighted by molar-refractivity contribution is 0.358. The molecule has 0 radical (unpaired) electrons. The predicted octanol–water partition coefficient (Wildman–Crippen LogP) is 3.71. The summed E-state index contributed by atoms with van der Waals surface area (Å²) >= 11 is 9.04. The van der Waals surface area contributed by atoms with Crippen molar-refractivity contribution in [2.24, 2.45) is 0 Å². The third-order valence-corrected chi connectivity index (χ3v) is 2.23. The molecule has 0 aliphatic heterocycles. The lowest BCUT2D eigenvalue weighted by Crippen LogP contribution is -1.97. The molecule has 4 heteroatoms. The molecule has 1 aromatic heterocycles. The van der Waals surface area contributed by atoms with Crippen LogP contribution in [0.2, 0.25) is 5.15 Å². The Morgan fingerprint density at radius 3 is 2.86 bits per heavy atom. The molecule has 74 valence electrons. The first kappa shape index (κ1) is 11.3. The van der Waals surface area contributed by atoms with Crippen LogP contribution >= 0.6 is 27.5 Å². The van der Waals surface area contributed by atoms with Crippen LogP contribution < -0.4 is 4.74 Å². The van der Waals surface area contributed by atoms with Gasteiger partial charge in [0.15, 0.2) is 5.75 Å². The predicted molar refractivity (Wildman–Crippen MR) is 62.7 cm³/mol. The minimum Gasteiger partial charge on any atom is -0.486 e. The number of hydrogen-bond acceptors (Lipinski definition) is 2. The Balaban J connectivity index is 3.11. The van der Waals surface area contributed by atoms with Crippen molar-refractivity contribution in [3.8, 4) is 5.75 Å². The van der Waals surface area contributed by atoms with E-state index in [1.165, 1.54) is 0 Å². The highest BCUT2D eigenvalue weighted by atomic mass is 79.9. The summed E-state index contributed by atoms with van der Waals surface area (Å²) in [4.78, 5) is 4.01. The number of rotatable bonds is 4. The Morgan fingerprint density at radius 1 is 1.57 bits per heavy atom. The highest BCUT2D eigenvalue weighted by molar-refractivity contribution is 9.10. The topological polar surface area (TPSA) is 22.1 Å².